The molecule has 1 unspecified atom stereocenters. The number of unbranched alkanes of at least 4 members (excludes halogenated alkanes) is 13. The average molecular weight is 619 g/mol. The van der Waals surface area contributed by atoms with E-state index in [-0.39, 0.29) is 11.3 Å². The van der Waals surface area contributed by atoms with Crippen LogP contribution in [0.3, 0.4) is 0 Å². The lowest BCUT2D eigenvalue weighted by atomic mass is 10.1. The lowest BCUT2D eigenvalue weighted by molar-refractivity contribution is -0.162. The Kier molecular flexibility index (Phi) is 18.1. The molecule has 244 valence electrons. The Labute approximate surface area is 272 Å². The van der Waals surface area contributed by atoms with Crippen LogP contribution in [0.5, 0.6) is 0 Å². The molecule has 1 heterocycles. The van der Waals surface area contributed by atoms with Crippen LogP contribution in [0.4, 0.5) is 0 Å². The summed E-state index contributed by atoms with van der Waals surface area (Å²) in [5.41, 5.74) is 0. The minimum atomic E-state index is -2.38. The molecule has 0 bridgehead atoms. The highest BCUT2D eigenvalue weighted by atomic mass is 28.4. The maximum absolute atomic E-state index is 7.04. The molecule has 2 aromatic rings. The van der Waals surface area contributed by atoms with Gasteiger partial charge in [0, 0.05) is 32.7 Å². The Morgan fingerprint density at radius 2 is 1.11 bits per heavy atom. The van der Waals surface area contributed by atoms with E-state index in [1.165, 1.54) is 87.4 Å². The summed E-state index contributed by atoms with van der Waals surface area (Å²) in [4.78, 5) is 0. The lowest BCUT2D eigenvalue weighted by Gasteiger charge is -2.43. The third kappa shape index (κ3) is 13.2. The molecular weight excluding hydrogens is 557 g/mol. The normalized spacial score (nSPS) is 15.6. The van der Waals surface area contributed by atoms with Gasteiger partial charge in [0.1, 0.15) is 0 Å². The molecule has 3 nitrogen and oxygen atoms in total. The molecule has 0 spiro atoms. The average Bonchev–Trinajstić information content (AvgIpc) is 3.04. The van der Waals surface area contributed by atoms with E-state index < -0.39 is 8.32 Å². The van der Waals surface area contributed by atoms with Crippen LogP contribution in [0.1, 0.15) is 136 Å². The van der Waals surface area contributed by atoms with Crippen molar-refractivity contribution >= 4 is 18.7 Å². The fraction of sp³-hybridized carbons (Fsp3) is 0.650. The summed E-state index contributed by atoms with van der Waals surface area (Å²) in [6, 6.07) is 22.0. The SMILES string of the molecule is CC(C)(C)[Si](OCCCCCCCCCCCCCC#CCCCCOC1CCCCO1)(c1ccccc1)c1ccccc1. The Morgan fingerprint density at radius 3 is 1.61 bits per heavy atom. The molecule has 3 rings (SSSR count). The summed E-state index contributed by atoms with van der Waals surface area (Å²) in [6.45, 7) is 9.61. The largest absolute Gasteiger partial charge is 0.407 e. The first-order chi connectivity index (χ1) is 21.5. The standard InChI is InChI=1S/C40H62O3Si/c1-40(2,3)44(37-29-21-19-22-30-37,38-31-23-20-24-32-38)43-36-27-18-16-14-12-10-8-6-4-5-7-9-11-13-15-17-26-34-41-39-33-25-28-35-42-39/h19-24,29-32,39H,4-10,12,14-18,25-28,33-36H2,1-3H3. The molecular formula is C40H62O3Si. The van der Waals surface area contributed by atoms with E-state index in [2.05, 4.69) is 93.3 Å². The number of rotatable bonds is 21. The number of hydrogen-bond acceptors (Lipinski definition) is 3. The summed E-state index contributed by atoms with van der Waals surface area (Å²) in [5.74, 6) is 6.73. The molecule has 0 saturated carbocycles. The highest BCUT2D eigenvalue weighted by Crippen LogP contribution is 2.36. The third-order valence-corrected chi connectivity index (χ3v) is 14.0. The molecule has 0 radical (unpaired) electrons. The smallest absolute Gasteiger partial charge is 0.261 e. The van der Waals surface area contributed by atoms with Gasteiger partial charge < -0.3 is 13.9 Å². The first-order valence-electron chi connectivity index (χ1n) is 18.0. The highest BCUT2D eigenvalue weighted by Gasteiger charge is 2.49. The van der Waals surface area contributed by atoms with Crippen molar-refractivity contribution in [3.8, 4) is 11.8 Å². The van der Waals surface area contributed by atoms with Gasteiger partial charge >= 0.3 is 0 Å². The summed E-state index contributed by atoms with van der Waals surface area (Å²) in [5, 5.41) is 2.82. The van der Waals surface area contributed by atoms with E-state index in [0.29, 0.717) is 0 Å². The van der Waals surface area contributed by atoms with Gasteiger partial charge in [-0.2, -0.15) is 0 Å². The zero-order valence-electron chi connectivity index (χ0n) is 28.4. The van der Waals surface area contributed by atoms with Gasteiger partial charge in [-0.3, -0.25) is 0 Å². The van der Waals surface area contributed by atoms with Gasteiger partial charge in [-0.25, -0.2) is 0 Å². The second kappa shape index (κ2) is 21.8. The first-order valence-corrected chi connectivity index (χ1v) is 19.9. The van der Waals surface area contributed by atoms with Crippen LogP contribution in [-0.4, -0.2) is 34.4 Å². The number of ether oxygens (including phenoxy) is 2. The van der Waals surface area contributed by atoms with Crippen molar-refractivity contribution in [3.63, 3.8) is 0 Å². The zero-order valence-corrected chi connectivity index (χ0v) is 29.4. The molecule has 0 amide bonds. The van der Waals surface area contributed by atoms with E-state index in [0.717, 1.165) is 58.3 Å². The van der Waals surface area contributed by atoms with E-state index in [1.54, 1.807) is 0 Å². The van der Waals surface area contributed by atoms with Gasteiger partial charge in [0.05, 0.1) is 0 Å². The molecule has 1 fully saturated rings. The molecule has 1 atom stereocenters. The van der Waals surface area contributed by atoms with Gasteiger partial charge in [0.25, 0.3) is 8.32 Å². The van der Waals surface area contributed by atoms with Crippen LogP contribution in [0.2, 0.25) is 5.04 Å². The predicted molar refractivity (Wildman–Crippen MR) is 190 cm³/mol. The first kappa shape index (κ1) is 36.6. The quantitative estimate of drug-likeness (QED) is 0.0792. The van der Waals surface area contributed by atoms with Crippen LogP contribution in [-0.2, 0) is 13.9 Å². The highest BCUT2D eigenvalue weighted by molar-refractivity contribution is 6.99. The maximum Gasteiger partial charge on any atom is 0.261 e. The summed E-state index contributed by atoms with van der Waals surface area (Å²) >= 11 is 0. The monoisotopic (exact) mass is 618 g/mol. The predicted octanol–water partition coefficient (Wildman–Crippen LogP) is 9.96. The third-order valence-electron chi connectivity index (χ3n) is 8.94. The fourth-order valence-corrected chi connectivity index (χ4v) is 11.0. The molecule has 1 aliphatic rings. The van der Waals surface area contributed by atoms with Crippen LogP contribution < -0.4 is 10.4 Å². The maximum atomic E-state index is 7.04. The lowest BCUT2D eigenvalue weighted by Crippen LogP contribution is -2.66. The van der Waals surface area contributed by atoms with Gasteiger partial charge in [-0.1, -0.05) is 139 Å². The molecule has 4 heteroatoms. The summed E-state index contributed by atoms with van der Waals surface area (Å²) in [7, 11) is -2.38. The zero-order chi connectivity index (χ0) is 31.2. The van der Waals surface area contributed by atoms with Gasteiger partial charge in [0.15, 0.2) is 6.29 Å². The molecule has 0 aliphatic carbocycles. The molecule has 44 heavy (non-hydrogen) atoms. The Balaban J connectivity index is 1.16. The second-order valence-corrected chi connectivity index (χ2v) is 17.9. The number of hydrogen-bond donors (Lipinski definition) is 0. The summed E-state index contributed by atoms with van der Waals surface area (Å²) in [6.07, 6.45) is 22.4. The molecule has 0 aromatic heterocycles. The molecule has 2 aromatic carbocycles. The van der Waals surface area contributed by atoms with Crippen LogP contribution in [0.25, 0.3) is 0 Å². The fourth-order valence-electron chi connectivity index (χ4n) is 6.44. The van der Waals surface area contributed by atoms with E-state index in [4.69, 9.17) is 13.9 Å². The van der Waals surface area contributed by atoms with Crippen molar-refractivity contribution in [3.05, 3.63) is 60.7 Å². The Bertz CT molecular complexity index is 992. The van der Waals surface area contributed by atoms with Gasteiger partial charge in [0.2, 0.25) is 0 Å². The van der Waals surface area contributed by atoms with Crippen LogP contribution in [0.15, 0.2) is 60.7 Å². The van der Waals surface area contributed by atoms with Gasteiger partial charge in [-0.05, 0) is 60.4 Å². The van der Waals surface area contributed by atoms with Crippen LogP contribution in [0, 0.1) is 11.8 Å². The molecule has 1 aliphatic heterocycles. The van der Waals surface area contributed by atoms with Gasteiger partial charge in [-0.15, -0.1) is 11.8 Å². The minimum Gasteiger partial charge on any atom is -0.407 e. The van der Waals surface area contributed by atoms with E-state index >= 15 is 0 Å². The Morgan fingerprint density at radius 1 is 0.636 bits per heavy atom. The second-order valence-electron chi connectivity index (χ2n) is 13.6. The molecule has 1 saturated heterocycles. The Hall–Kier alpha value is -1.90. The van der Waals surface area contributed by atoms with E-state index in [9.17, 15) is 0 Å². The van der Waals surface area contributed by atoms with E-state index in [1.807, 2.05) is 0 Å². The minimum absolute atomic E-state index is 0.0493. The van der Waals surface area contributed by atoms with Crippen molar-refractivity contribution in [1.82, 2.24) is 0 Å². The van der Waals surface area contributed by atoms with Crippen molar-refractivity contribution in [1.29, 1.82) is 0 Å². The van der Waals surface area contributed by atoms with Crippen molar-refractivity contribution in [2.45, 2.75) is 148 Å². The summed E-state index contributed by atoms with van der Waals surface area (Å²) < 4.78 is 18.4. The van der Waals surface area contributed by atoms with Crippen molar-refractivity contribution in [2.75, 3.05) is 19.8 Å². The number of benzene rings is 2. The topological polar surface area (TPSA) is 27.7 Å². The molecule has 0 N–H and O–H groups in total. The van der Waals surface area contributed by atoms with Crippen molar-refractivity contribution in [2.24, 2.45) is 0 Å². The van der Waals surface area contributed by atoms with Crippen molar-refractivity contribution < 1.29 is 13.9 Å². The van der Waals surface area contributed by atoms with Crippen LogP contribution >= 0.6 is 0 Å².